The summed E-state index contributed by atoms with van der Waals surface area (Å²) in [5.74, 6) is -0.503. The molecule has 0 aromatic heterocycles. The van der Waals surface area contributed by atoms with E-state index >= 15 is 0 Å². The molecule has 0 radical (unpaired) electrons. The molecule has 2 aliphatic carbocycles. The van der Waals surface area contributed by atoms with Crippen molar-refractivity contribution in [1.82, 2.24) is 0 Å². The first-order valence-corrected chi connectivity index (χ1v) is 4.44. The predicted molar refractivity (Wildman–Crippen MR) is 39.1 cm³/mol. The van der Waals surface area contributed by atoms with Gasteiger partial charge in [0.1, 0.15) is 0 Å². The molecule has 64 valence electrons. The van der Waals surface area contributed by atoms with Crippen LogP contribution in [0.5, 0.6) is 0 Å². The van der Waals surface area contributed by atoms with E-state index in [4.69, 9.17) is 4.74 Å². The maximum Gasteiger partial charge on any atom is 0.319 e. The Morgan fingerprint density at radius 3 is 1.75 bits per heavy atom. The summed E-state index contributed by atoms with van der Waals surface area (Å²) in [4.78, 5) is 22.8. The average molecular weight is 166 g/mol. The number of cyclic esters (lactones) is 2. The molecule has 0 N–H and O–H groups in total. The molecule has 3 aliphatic rings. The van der Waals surface area contributed by atoms with Crippen LogP contribution in [0.1, 0.15) is 32.1 Å². The van der Waals surface area contributed by atoms with Gasteiger partial charge in [0.15, 0.2) is 0 Å². The molecule has 3 fully saturated rings. The number of hydrogen-bond donors (Lipinski definition) is 0. The van der Waals surface area contributed by atoms with Crippen molar-refractivity contribution in [2.24, 2.45) is 10.8 Å². The van der Waals surface area contributed by atoms with Gasteiger partial charge in [-0.15, -0.1) is 0 Å². The van der Waals surface area contributed by atoms with Crippen molar-refractivity contribution in [2.45, 2.75) is 32.1 Å². The Morgan fingerprint density at radius 1 is 0.917 bits per heavy atom. The first-order valence-electron chi connectivity index (χ1n) is 4.44. The second-order valence-electron chi connectivity index (χ2n) is 4.41. The standard InChI is InChI=1S/C9H10O3/c10-6-8-1-2-9(5-8,4-3-8)7(11)12-6/h1-5H2. The van der Waals surface area contributed by atoms with Gasteiger partial charge in [-0.3, -0.25) is 9.59 Å². The summed E-state index contributed by atoms with van der Waals surface area (Å²) in [5, 5.41) is 0. The third kappa shape index (κ3) is 0.490. The lowest BCUT2D eigenvalue weighted by atomic mass is 9.84. The van der Waals surface area contributed by atoms with Gasteiger partial charge in [-0.25, -0.2) is 0 Å². The Labute approximate surface area is 70.1 Å². The van der Waals surface area contributed by atoms with Crippen LogP contribution in [-0.2, 0) is 14.3 Å². The summed E-state index contributed by atoms with van der Waals surface area (Å²) in [6.07, 6.45) is 4.27. The first-order chi connectivity index (χ1) is 5.67. The summed E-state index contributed by atoms with van der Waals surface area (Å²) in [6, 6.07) is 0. The van der Waals surface area contributed by atoms with Crippen LogP contribution in [0.2, 0.25) is 0 Å². The summed E-state index contributed by atoms with van der Waals surface area (Å²) >= 11 is 0. The van der Waals surface area contributed by atoms with Crippen LogP contribution in [0, 0.1) is 10.8 Å². The Balaban J connectivity index is 2.17. The highest BCUT2D eigenvalue weighted by molar-refractivity contribution is 5.97. The van der Waals surface area contributed by atoms with Gasteiger partial charge in [0, 0.05) is 0 Å². The van der Waals surface area contributed by atoms with Gasteiger partial charge in [-0.2, -0.15) is 0 Å². The minimum atomic E-state index is -0.252. The zero-order valence-electron chi connectivity index (χ0n) is 6.76. The van der Waals surface area contributed by atoms with Gasteiger partial charge in [-0.1, -0.05) is 0 Å². The lowest BCUT2D eigenvalue weighted by Crippen LogP contribution is -2.37. The van der Waals surface area contributed by atoms with Crippen LogP contribution in [0.4, 0.5) is 0 Å². The highest BCUT2D eigenvalue weighted by atomic mass is 16.6. The Morgan fingerprint density at radius 2 is 1.33 bits per heavy atom. The van der Waals surface area contributed by atoms with E-state index in [1.54, 1.807) is 0 Å². The number of rotatable bonds is 0. The van der Waals surface area contributed by atoms with Crippen LogP contribution in [0.15, 0.2) is 0 Å². The average Bonchev–Trinajstić information content (AvgIpc) is 2.56. The Bertz CT molecular complexity index is 256. The van der Waals surface area contributed by atoms with E-state index in [-0.39, 0.29) is 22.8 Å². The minimum absolute atomic E-state index is 0.242. The fourth-order valence-electron chi connectivity index (χ4n) is 3.06. The fraction of sp³-hybridized carbons (Fsp3) is 0.778. The molecule has 0 aromatic rings. The van der Waals surface area contributed by atoms with Crippen molar-refractivity contribution >= 4 is 11.9 Å². The van der Waals surface area contributed by atoms with Crippen LogP contribution < -0.4 is 0 Å². The van der Waals surface area contributed by atoms with E-state index in [9.17, 15) is 9.59 Å². The molecular formula is C9H10O3. The van der Waals surface area contributed by atoms with Crippen molar-refractivity contribution in [3.8, 4) is 0 Å². The summed E-state index contributed by atoms with van der Waals surface area (Å²) < 4.78 is 4.76. The number of carbonyl (C=O) groups excluding carboxylic acids is 2. The molecule has 2 bridgehead atoms. The highest BCUT2D eigenvalue weighted by Gasteiger charge is 2.66. The molecule has 0 aromatic carbocycles. The molecule has 3 heteroatoms. The molecule has 3 rings (SSSR count). The molecule has 3 nitrogen and oxygen atoms in total. The Kier molecular flexibility index (Phi) is 0.875. The predicted octanol–water partition coefficient (Wildman–Crippen LogP) is 1.02. The second kappa shape index (κ2) is 1.58. The lowest BCUT2D eigenvalue weighted by molar-refractivity contribution is -0.175. The normalized spacial score (nSPS) is 49.7. The molecule has 0 spiro atoms. The Hall–Kier alpha value is -0.860. The van der Waals surface area contributed by atoms with E-state index in [2.05, 4.69) is 0 Å². The first kappa shape index (κ1) is 6.63. The van der Waals surface area contributed by atoms with Gasteiger partial charge < -0.3 is 4.74 Å². The van der Waals surface area contributed by atoms with Crippen LogP contribution in [-0.4, -0.2) is 11.9 Å². The molecule has 1 heterocycles. The molecule has 0 atom stereocenters. The molecule has 0 amide bonds. The molecule has 0 unspecified atom stereocenters. The number of esters is 2. The van der Waals surface area contributed by atoms with Crippen LogP contribution >= 0.6 is 0 Å². The van der Waals surface area contributed by atoms with Crippen LogP contribution in [0.3, 0.4) is 0 Å². The topological polar surface area (TPSA) is 43.4 Å². The van der Waals surface area contributed by atoms with Crippen molar-refractivity contribution in [3.05, 3.63) is 0 Å². The summed E-state index contributed by atoms with van der Waals surface area (Å²) in [7, 11) is 0. The number of hydrogen-bond acceptors (Lipinski definition) is 3. The zero-order chi connectivity index (χ0) is 8.40. The number of carbonyl (C=O) groups is 2. The van der Waals surface area contributed by atoms with Crippen molar-refractivity contribution in [2.75, 3.05) is 0 Å². The third-order valence-corrected chi connectivity index (χ3v) is 3.89. The third-order valence-electron chi connectivity index (χ3n) is 3.89. The molecule has 12 heavy (non-hydrogen) atoms. The largest absolute Gasteiger partial charge is 0.392 e. The molecule has 1 aliphatic heterocycles. The molecule has 1 saturated heterocycles. The second-order valence-corrected chi connectivity index (χ2v) is 4.41. The SMILES string of the molecule is O=C1OC(=O)C23CCC1(CC2)C3. The van der Waals surface area contributed by atoms with Crippen molar-refractivity contribution in [3.63, 3.8) is 0 Å². The van der Waals surface area contributed by atoms with Crippen molar-refractivity contribution in [1.29, 1.82) is 0 Å². The minimum Gasteiger partial charge on any atom is -0.392 e. The summed E-state index contributed by atoms with van der Waals surface area (Å²) in [6.45, 7) is 0. The maximum atomic E-state index is 11.4. The number of ether oxygens (including phenoxy) is 1. The molecule has 2 saturated carbocycles. The van der Waals surface area contributed by atoms with E-state index in [1.807, 2.05) is 0 Å². The monoisotopic (exact) mass is 166 g/mol. The van der Waals surface area contributed by atoms with E-state index in [1.165, 1.54) is 0 Å². The van der Waals surface area contributed by atoms with Gasteiger partial charge in [-0.05, 0) is 32.1 Å². The zero-order valence-corrected chi connectivity index (χ0v) is 6.76. The van der Waals surface area contributed by atoms with E-state index in [0.29, 0.717) is 0 Å². The van der Waals surface area contributed by atoms with Gasteiger partial charge >= 0.3 is 11.9 Å². The smallest absolute Gasteiger partial charge is 0.319 e. The van der Waals surface area contributed by atoms with Gasteiger partial charge in [0.25, 0.3) is 0 Å². The molecular weight excluding hydrogens is 156 g/mol. The maximum absolute atomic E-state index is 11.4. The van der Waals surface area contributed by atoms with Crippen molar-refractivity contribution < 1.29 is 14.3 Å². The van der Waals surface area contributed by atoms with Gasteiger partial charge in [0.05, 0.1) is 10.8 Å². The van der Waals surface area contributed by atoms with Crippen LogP contribution in [0.25, 0.3) is 0 Å². The quantitative estimate of drug-likeness (QED) is 0.398. The summed E-state index contributed by atoms with van der Waals surface area (Å²) in [5.41, 5.74) is -0.484. The fourth-order valence-corrected chi connectivity index (χ4v) is 3.06. The van der Waals surface area contributed by atoms with E-state index in [0.717, 1.165) is 32.1 Å². The highest BCUT2D eigenvalue weighted by Crippen LogP contribution is 2.65. The lowest BCUT2D eigenvalue weighted by Gasteiger charge is -2.25. The van der Waals surface area contributed by atoms with Gasteiger partial charge in [0.2, 0.25) is 0 Å². The van der Waals surface area contributed by atoms with E-state index < -0.39 is 0 Å².